The minimum Gasteiger partial charge on any atom is -0.384 e. The van der Waals surface area contributed by atoms with Crippen LogP contribution < -0.4 is 0 Å². The fourth-order valence-corrected chi connectivity index (χ4v) is 4.82. The Morgan fingerprint density at radius 2 is 1.71 bits per heavy atom. The van der Waals surface area contributed by atoms with Crippen molar-refractivity contribution in [2.24, 2.45) is 10.6 Å². The average Bonchev–Trinajstić information content (AvgIpc) is 3.10. The van der Waals surface area contributed by atoms with Gasteiger partial charge in [-0.05, 0) is 53.8 Å². The number of pyridine rings is 1. The highest BCUT2D eigenvalue weighted by Crippen LogP contribution is 2.51. The van der Waals surface area contributed by atoms with E-state index in [0.29, 0.717) is 29.5 Å². The molecule has 1 spiro atoms. The van der Waals surface area contributed by atoms with E-state index < -0.39 is 17.3 Å². The maximum atomic E-state index is 13.8. The highest BCUT2D eigenvalue weighted by molar-refractivity contribution is 6.02. The molecule has 0 fully saturated rings. The Morgan fingerprint density at radius 1 is 0.968 bits per heavy atom. The molecular formula is C24H20F4N2O. The summed E-state index contributed by atoms with van der Waals surface area (Å²) in [5.74, 6) is -0.339. The minimum absolute atomic E-state index is 0.112. The molecule has 0 amide bonds. The van der Waals surface area contributed by atoms with E-state index in [1.54, 1.807) is 6.07 Å². The molecule has 31 heavy (non-hydrogen) atoms. The Labute approximate surface area is 176 Å². The molecule has 1 aromatic heterocycles. The maximum Gasteiger partial charge on any atom is 0.416 e. The van der Waals surface area contributed by atoms with Crippen LogP contribution in [-0.4, -0.2) is 10.7 Å². The van der Waals surface area contributed by atoms with Crippen LogP contribution in [0.15, 0.2) is 53.7 Å². The predicted octanol–water partition coefficient (Wildman–Crippen LogP) is 6.39. The van der Waals surface area contributed by atoms with Crippen molar-refractivity contribution in [2.45, 2.75) is 44.9 Å². The fraction of sp³-hybridized carbons (Fsp3) is 0.333. The van der Waals surface area contributed by atoms with Gasteiger partial charge in [-0.2, -0.15) is 13.2 Å². The van der Waals surface area contributed by atoms with Crippen LogP contribution in [0.2, 0.25) is 0 Å². The van der Waals surface area contributed by atoms with E-state index >= 15 is 0 Å². The molecule has 3 aromatic rings. The number of benzene rings is 2. The molecule has 2 aromatic carbocycles. The second-order valence-corrected chi connectivity index (χ2v) is 9.21. The number of nitrogens with zero attached hydrogens (tertiary/aromatic N) is 2. The van der Waals surface area contributed by atoms with Gasteiger partial charge >= 0.3 is 6.18 Å². The summed E-state index contributed by atoms with van der Waals surface area (Å²) >= 11 is 0. The molecule has 2 aliphatic rings. The summed E-state index contributed by atoms with van der Waals surface area (Å²) in [5, 5.41) is 4.95. The van der Waals surface area contributed by atoms with Crippen molar-refractivity contribution in [3.05, 3.63) is 76.7 Å². The van der Waals surface area contributed by atoms with Crippen molar-refractivity contribution in [1.82, 2.24) is 4.98 Å². The van der Waals surface area contributed by atoms with Crippen LogP contribution in [0.3, 0.4) is 0 Å². The third kappa shape index (κ3) is 3.46. The third-order valence-electron chi connectivity index (χ3n) is 6.09. The molecule has 3 nitrogen and oxygen atoms in total. The number of hydrogen-bond donors (Lipinski definition) is 0. The summed E-state index contributed by atoms with van der Waals surface area (Å²) in [6.45, 7) is 4.27. The van der Waals surface area contributed by atoms with Gasteiger partial charge in [0.1, 0.15) is 5.82 Å². The normalized spacial score (nSPS) is 22.3. The highest BCUT2D eigenvalue weighted by Gasteiger charge is 2.50. The van der Waals surface area contributed by atoms with Gasteiger partial charge < -0.3 is 4.84 Å². The van der Waals surface area contributed by atoms with E-state index in [1.165, 1.54) is 24.3 Å². The quantitative estimate of drug-likeness (QED) is 0.421. The van der Waals surface area contributed by atoms with E-state index in [0.717, 1.165) is 35.3 Å². The molecule has 160 valence electrons. The fourth-order valence-electron chi connectivity index (χ4n) is 4.82. The van der Waals surface area contributed by atoms with Gasteiger partial charge in [0, 0.05) is 29.5 Å². The van der Waals surface area contributed by atoms with Crippen molar-refractivity contribution in [3.8, 4) is 0 Å². The predicted molar refractivity (Wildman–Crippen MR) is 109 cm³/mol. The minimum atomic E-state index is -4.39. The van der Waals surface area contributed by atoms with Gasteiger partial charge in [0.25, 0.3) is 0 Å². The molecule has 5 rings (SSSR count). The molecule has 0 unspecified atom stereocenters. The smallest absolute Gasteiger partial charge is 0.384 e. The Hall–Kier alpha value is -2.96. The van der Waals surface area contributed by atoms with Crippen LogP contribution in [-0.2, 0) is 23.0 Å². The summed E-state index contributed by atoms with van der Waals surface area (Å²) in [6, 6.07) is 11.4. The van der Waals surface area contributed by atoms with Crippen molar-refractivity contribution in [3.63, 3.8) is 0 Å². The van der Waals surface area contributed by atoms with Crippen LogP contribution in [0.4, 0.5) is 17.6 Å². The summed E-state index contributed by atoms with van der Waals surface area (Å²) < 4.78 is 52.5. The third-order valence-corrected chi connectivity index (χ3v) is 6.09. The molecule has 1 aliphatic heterocycles. The number of rotatable bonds is 1. The Kier molecular flexibility index (Phi) is 4.20. The molecule has 0 saturated carbocycles. The van der Waals surface area contributed by atoms with Crippen LogP contribution in [0.25, 0.3) is 10.9 Å². The Bertz CT molecular complexity index is 1210. The zero-order chi connectivity index (χ0) is 22.0. The summed E-state index contributed by atoms with van der Waals surface area (Å²) in [6.07, 6.45) is -2.56. The molecule has 2 heterocycles. The van der Waals surface area contributed by atoms with Gasteiger partial charge in [-0.1, -0.05) is 31.1 Å². The first-order valence-corrected chi connectivity index (χ1v) is 10.1. The maximum absolute atomic E-state index is 13.8. The SMILES string of the molecule is CC1(C)Cc2nc3ccc(F)cc3cc2[C@@]2(CC(c3ccc(C(F)(F)F)cc3)=NO2)C1. The van der Waals surface area contributed by atoms with E-state index in [9.17, 15) is 17.6 Å². The molecule has 0 saturated heterocycles. The molecule has 1 aliphatic carbocycles. The summed E-state index contributed by atoms with van der Waals surface area (Å²) in [4.78, 5) is 10.8. The number of alkyl halides is 3. The summed E-state index contributed by atoms with van der Waals surface area (Å²) in [5.41, 5.74) is 2.07. The van der Waals surface area contributed by atoms with Gasteiger partial charge in [-0.15, -0.1) is 0 Å². The van der Waals surface area contributed by atoms with Crippen molar-refractivity contribution in [1.29, 1.82) is 0 Å². The highest BCUT2D eigenvalue weighted by atomic mass is 19.4. The topological polar surface area (TPSA) is 34.5 Å². The molecule has 0 radical (unpaired) electrons. The van der Waals surface area contributed by atoms with Gasteiger partial charge in [-0.25, -0.2) is 4.39 Å². The first-order valence-electron chi connectivity index (χ1n) is 10.1. The lowest BCUT2D eigenvalue weighted by molar-refractivity contribution is -0.137. The Balaban J connectivity index is 1.55. The number of aromatic nitrogens is 1. The van der Waals surface area contributed by atoms with Crippen molar-refractivity contribution < 1.29 is 22.4 Å². The first-order chi connectivity index (χ1) is 14.5. The van der Waals surface area contributed by atoms with Crippen LogP contribution >= 0.6 is 0 Å². The van der Waals surface area contributed by atoms with Gasteiger partial charge in [0.05, 0.1) is 16.8 Å². The Morgan fingerprint density at radius 3 is 2.42 bits per heavy atom. The summed E-state index contributed by atoms with van der Waals surface area (Å²) in [7, 11) is 0. The van der Waals surface area contributed by atoms with Crippen LogP contribution in [0.1, 0.15) is 49.1 Å². The zero-order valence-electron chi connectivity index (χ0n) is 17.1. The van der Waals surface area contributed by atoms with E-state index in [4.69, 9.17) is 9.82 Å². The largest absolute Gasteiger partial charge is 0.416 e. The zero-order valence-corrected chi connectivity index (χ0v) is 17.1. The number of hydrogen-bond acceptors (Lipinski definition) is 3. The number of fused-ring (bicyclic) bond motifs is 3. The van der Waals surface area contributed by atoms with E-state index in [2.05, 4.69) is 19.0 Å². The lowest BCUT2D eigenvalue weighted by Gasteiger charge is -2.41. The van der Waals surface area contributed by atoms with Gasteiger partial charge in [-0.3, -0.25) is 4.98 Å². The second-order valence-electron chi connectivity index (χ2n) is 9.21. The van der Waals surface area contributed by atoms with E-state index in [-0.39, 0.29) is 11.2 Å². The van der Waals surface area contributed by atoms with E-state index in [1.807, 2.05) is 6.07 Å². The molecule has 0 bridgehead atoms. The molecule has 7 heteroatoms. The average molecular weight is 428 g/mol. The first kappa shape index (κ1) is 20.0. The lowest BCUT2D eigenvalue weighted by atomic mass is 9.66. The van der Waals surface area contributed by atoms with Crippen molar-refractivity contribution in [2.75, 3.05) is 0 Å². The van der Waals surface area contributed by atoms with Crippen LogP contribution in [0.5, 0.6) is 0 Å². The van der Waals surface area contributed by atoms with Gasteiger partial charge in [0.2, 0.25) is 0 Å². The second kappa shape index (κ2) is 6.52. The number of oxime groups is 1. The number of halogens is 4. The molecule has 1 atom stereocenters. The molecule has 0 N–H and O–H groups in total. The molecular weight excluding hydrogens is 408 g/mol. The van der Waals surface area contributed by atoms with Gasteiger partial charge in [0.15, 0.2) is 5.60 Å². The monoisotopic (exact) mass is 428 g/mol. The van der Waals surface area contributed by atoms with Crippen molar-refractivity contribution >= 4 is 16.6 Å². The standard InChI is InChI=1S/C24H20F4N2O/c1-22(2)11-21-18(10-15-9-17(25)7-8-19(15)29-21)23(13-22)12-20(30-31-23)14-3-5-16(6-4-14)24(26,27)28/h3-10H,11-13H2,1-2H3/t23-/m1/s1. The lowest BCUT2D eigenvalue weighted by Crippen LogP contribution is -2.40. The van der Waals surface area contributed by atoms with Crippen LogP contribution in [0, 0.1) is 11.2 Å².